The Bertz CT molecular complexity index is 684. The second-order valence-corrected chi connectivity index (χ2v) is 7.18. The number of hydrogen-bond acceptors (Lipinski definition) is 4. The molecule has 0 fully saturated rings. The first kappa shape index (κ1) is 14.5. The number of nitrogens with one attached hydrogen (secondary N) is 1. The fourth-order valence-corrected chi connectivity index (χ4v) is 3.94. The van der Waals surface area contributed by atoms with E-state index in [2.05, 4.69) is 4.72 Å². The Morgan fingerprint density at radius 3 is 2.58 bits per heavy atom. The van der Waals surface area contributed by atoms with E-state index in [1.54, 1.807) is 11.4 Å². The summed E-state index contributed by atoms with van der Waals surface area (Å²) in [4.78, 5) is 0. The summed E-state index contributed by atoms with van der Waals surface area (Å²) in [5.41, 5.74) is 0.209. The van der Waals surface area contributed by atoms with E-state index < -0.39 is 10.0 Å². The summed E-state index contributed by atoms with van der Waals surface area (Å²) in [6, 6.07) is 6.03. The number of methoxy groups -OCH3 is 1. The number of sulfonamides is 1. The maximum absolute atomic E-state index is 12.0. The Hall–Kier alpha value is -0.950. The van der Waals surface area contributed by atoms with Gasteiger partial charge in [-0.3, -0.25) is 4.72 Å². The molecule has 0 saturated heterocycles. The molecule has 0 aliphatic carbocycles. The van der Waals surface area contributed by atoms with Gasteiger partial charge < -0.3 is 4.74 Å². The van der Waals surface area contributed by atoms with Crippen molar-refractivity contribution in [1.29, 1.82) is 0 Å². The van der Waals surface area contributed by atoms with Crippen LogP contribution in [0, 0.1) is 0 Å². The van der Waals surface area contributed by atoms with Crippen molar-refractivity contribution in [1.82, 2.24) is 0 Å². The average Bonchev–Trinajstić information content (AvgIpc) is 2.87. The molecule has 0 radical (unpaired) electrons. The minimum atomic E-state index is -3.64. The van der Waals surface area contributed by atoms with Crippen molar-refractivity contribution < 1.29 is 13.2 Å². The van der Waals surface area contributed by atoms with Gasteiger partial charge >= 0.3 is 0 Å². The first-order chi connectivity index (χ1) is 8.94. The van der Waals surface area contributed by atoms with Crippen LogP contribution < -0.4 is 9.46 Å². The van der Waals surface area contributed by atoms with Crippen molar-refractivity contribution in [3.63, 3.8) is 0 Å². The largest absolute Gasteiger partial charge is 0.495 e. The quantitative estimate of drug-likeness (QED) is 0.921. The molecule has 4 nitrogen and oxygen atoms in total. The lowest BCUT2D eigenvalue weighted by molar-refractivity contribution is 0.415. The number of ether oxygens (including phenoxy) is 1. The summed E-state index contributed by atoms with van der Waals surface area (Å²) in [6.45, 7) is 0. The number of thiophene rings is 1. The highest BCUT2D eigenvalue weighted by molar-refractivity contribution is 7.94. The van der Waals surface area contributed by atoms with Crippen molar-refractivity contribution in [3.8, 4) is 5.75 Å². The molecule has 0 atom stereocenters. The smallest absolute Gasteiger partial charge is 0.271 e. The monoisotopic (exact) mass is 337 g/mol. The van der Waals surface area contributed by atoms with Crippen LogP contribution in [0.2, 0.25) is 10.0 Å². The lowest BCUT2D eigenvalue weighted by Crippen LogP contribution is -2.11. The van der Waals surface area contributed by atoms with Crippen molar-refractivity contribution in [2.75, 3.05) is 11.8 Å². The minimum absolute atomic E-state index is 0.204. The highest BCUT2D eigenvalue weighted by Crippen LogP contribution is 2.35. The second-order valence-electron chi connectivity index (χ2n) is 3.50. The molecule has 0 unspecified atom stereocenters. The van der Waals surface area contributed by atoms with Gasteiger partial charge in [-0.1, -0.05) is 29.3 Å². The third-order valence-electron chi connectivity index (χ3n) is 2.25. The molecule has 19 heavy (non-hydrogen) atoms. The minimum Gasteiger partial charge on any atom is -0.495 e. The van der Waals surface area contributed by atoms with Gasteiger partial charge in [0.2, 0.25) is 0 Å². The van der Waals surface area contributed by atoms with Crippen molar-refractivity contribution in [2.45, 2.75) is 4.21 Å². The third kappa shape index (κ3) is 3.14. The maximum atomic E-state index is 12.0. The first-order valence-corrected chi connectivity index (χ1v) is 8.15. The molecule has 1 aromatic carbocycles. The summed E-state index contributed by atoms with van der Waals surface area (Å²) in [6.07, 6.45) is 0. The molecule has 1 aromatic heterocycles. The average molecular weight is 338 g/mol. The van der Waals surface area contributed by atoms with E-state index >= 15 is 0 Å². The molecule has 1 heterocycles. The molecular formula is C11H9Cl2NO3S2. The van der Waals surface area contributed by atoms with E-state index in [4.69, 9.17) is 27.9 Å². The lowest BCUT2D eigenvalue weighted by Gasteiger charge is -2.11. The van der Waals surface area contributed by atoms with Gasteiger partial charge in [-0.05, 0) is 17.5 Å². The van der Waals surface area contributed by atoms with E-state index in [9.17, 15) is 8.42 Å². The number of anilines is 1. The van der Waals surface area contributed by atoms with Crippen LogP contribution >= 0.6 is 34.5 Å². The zero-order chi connectivity index (χ0) is 14.0. The fourth-order valence-electron chi connectivity index (χ4n) is 1.37. The highest BCUT2D eigenvalue weighted by Gasteiger charge is 2.18. The van der Waals surface area contributed by atoms with Crippen LogP contribution in [0.3, 0.4) is 0 Å². The standard InChI is InChI=1S/C11H9Cl2NO3S2/c1-17-10-6-7(12)9(5-8(10)13)14-19(15,16)11-3-2-4-18-11/h2-6,14H,1H3. The van der Waals surface area contributed by atoms with E-state index in [1.165, 1.54) is 25.3 Å². The molecule has 0 saturated carbocycles. The van der Waals surface area contributed by atoms with Crippen LogP contribution in [0.1, 0.15) is 0 Å². The van der Waals surface area contributed by atoms with E-state index in [1.807, 2.05) is 0 Å². The van der Waals surface area contributed by atoms with Crippen LogP contribution in [0.25, 0.3) is 0 Å². The van der Waals surface area contributed by atoms with Crippen molar-refractivity contribution >= 4 is 50.2 Å². The van der Waals surface area contributed by atoms with Gasteiger partial charge in [-0.15, -0.1) is 11.3 Å². The van der Waals surface area contributed by atoms with E-state index in [0.29, 0.717) is 5.75 Å². The third-order valence-corrected chi connectivity index (χ3v) is 5.62. The molecule has 2 aromatic rings. The molecule has 2 rings (SSSR count). The van der Waals surface area contributed by atoms with E-state index in [0.717, 1.165) is 11.3 Å². The van der Waals surface area contributed by atoms with Gasteiger partial charge in [0.15, 0.2) is 0 Å². The maximum Gasteiger partial charge on any atom is 0.271 e. The fraction of sp³-hybridized carbons (Fsp3) is 0.0909. The normalized spacial score (nSPS) is 11.3. The van der Waals surface area contributed by atoms with E-state index in [-0.39, 0.29) is 19.9 Å². The lowest BCUT2D eigenvalue weighted by atomic mass is 10.3. The van der Waals surface area contributed by atoms with Crippen LogP contribution in [0.4, 0.5) is 5.69 Å². The zero-order valence-electron chi connectivity index (χ0n) is 9.68. The number of halogens is 2. The molecule has 0 spiro atoms. The van der Waals surface area contributed by atoms with Gasteiger partial charge in [0, 0.05) is 6.07 Å². The second kappa shape index (κ2) is 5.58. The van der Waals surface area contributed by atoms with Crippen LogP contribution in [-0.2, 0) is 10.0 Å². The number of rotatable bonds is 4. The Labute approximate surface area is 125 Å². The van der Waals surface area contributed by atoms with Crippen molar-refractivity contribution in [2.24, 2.45) is 0 Å². The van der Waals surface area contributed by atoms with Gasteiger partial charge in [-0.25, -0.2) is 8.42 Å². The van der Waals surface area contributed by atoms with Gasteiger partial charge in [-0.2, -0.15) is 0 Å². The molecule has 0 bridgehead atoms. The summed E-state index contributed by atoms with van der Waals surface area (Å²) in [5.74, 6) is 0.380. The molecule has 1 N–H and O–H groups in total. The molecule has 102 valence electrons. The Morgan fingerprint density at radius 1 is 1.26 bits per heavy atom. The van der Waals surface area contributed by atoms with Gasteiger partial charge in [0.05, 0.1) is 22.8 Å². The Morgan fingerprint density at radius 2 is 2.00 bits per heavy atom. The van der Waals surface area contributed by atoms with Crippen LogP contribution in [0.15, 0.2) is 33.9 Å². The predicted octanol–water partition coefficient (Wildman–Crippen LogP) is 3.86. The Balaban J connectivity index is 2.37. The van der Waals surface area contributed by atoms with Gasteiger partial charge in [0.25, 0.3) is 10.0 Å². The Kier molecular flexibility index (Phi) is 4.25. The first-order valence-electron chi connectivity index (χ1n) is 5.03. The summed E-state index contributed by atoms with van der Waals surface area (Å²) >= 11 is 13.0. The SMILES string of the molecule is COc1cc(Cl)c(NS(=O)(=O)c2cccs2)cc1Cl. The van der Waals surface area contributed by atoms with Crippen LogP contribution in [-0.4, -0.2) is 15.5 Å². The molecule has 0 aliphatic rings. The molecule has 0 aliphatic heterocycles. The number of benzene rings is 1. The number of hydrogen-bond donors (Lipinski definition) is 1. The predicted molar refractivity (Wildman–Crippen MR) is 78.1 cm³/mol. The summed E-state index contributed by atoms with van der Waals surface area (Å²) in [7, 11) is -2.19. The van der Waals surface area contributed by atoms with Crippen LogP contribution in [0.5, 0.6) is 5.75 Å². The topological polar surface area (TPSA) is 55.4 Å². The zero-order valence-corrected chi connectivity index (χ0v) is 12.8. The van der Waals surface area contributed by atoms with Crippen molar-refractivity contribution in [3.05, 3.63) is 39.7 Å². The van der Waals surface area contributed by atoms with Gasteiger partial charge in [0.1, 0.15) is 9.96 Å². The molecule has 0 amide bonds. The highest BCUT2D eigenvalue weighted by atomic mass is 35.5. The summed E-state index contributed by atoms with van der Waals surface area (Å²) in [5, 5.41) is 2.16. The summed E-state index contributed by atoms with van der Waals surface area (Å²) < 4.78 is 31.7. The molecule has 8 heteroatoms. The molecular weight excluding hydrogens is 329 g/mol.